The fourth-order valence-corrected chi connectivity index (χ4v) is 1.79. The minimum Gasteiger partial charge on any atom is -0.485 e. The molecule has 0 aliphatic carbocycles. The number of hydrogen-bond acceptors (Lipinski definition) is 3. The number of likely N-dealkylation sites (N-methyl/N-ethyl adjacent to an activating group) is 1. The lowest BCUT2D eigenvalue weighted by atomic mass is 10.1. The first-order valence-corrected chi connectivity index (χ1v) is 5.18. The Morgan fingerprint density at radius 1 is 1.44 bits per heavy atom. The van der Waals surface area contributed by atoms with Crippen molar-refractivity contribution in [1.29, 1.82) is 0 Å². The van der Waals surface area contributed by atoms with Crippen molar-refractivity contribution < 1.29 is 13.5 Å². The fourth-order valence-electron chi connectivity index (χ4n) is 1.79. The van der Waals surface area contributed by atoms with Gasteiger partial charge in [0.1, 0.15) is 23.4 Å². The first-order chi connectivity index (χ1) is 7.61. The third-order valence-electron chi connectivity index (χ3n) is 2.63. The van der Waals surface area contributed by atoms with Gasteiger partial charge in [-0.2, -0.15) is 0 Å². The molecule has 0 bridgehead atoms. The van der Waals surface area contributed by atoms with Crippen molar-refractivity contribution in [3.05, 3.63) is 23.8 Å². The molecule has 2 rings (SSSR count). The summed E-state index contributed by atoms with van der Waals surface area (Å²) in [5.41, 5.74) is 0.237. The molecule has 5 heteroatoms. The molecular weight excluding hydrogens is 214 g/mol. The van der Waals surface area contributed by atoms with Crippen molar-refractivity contribution >= 4 is 5.69 Å². The lowest BCUT2D eigenvalue weighted by Crippen LogP contribution is -2.45. The average molecular weight is 228 g/mol. The predicted molar refractivity (Wildman–Crippen MR) is 57.8 cm³/mol. The summed E-state index contributed by atoms with van der Waals surface area (Å²) < 4.78 is 32.0. The fraction of sp³-hybridized carbons (Fsp3) is 0.455. The Morgan fingerprint density at radius 3 is 2.88 bits per heavy atom. The van der Waals surface area contributed by atoms with Gasteiger partial charge in [0, 0.05) is 18.7 Å². The third-order valence-corrected chi connectivity index (χ3v) is 2.63. The summed E-state index contributed by atoms with van der Waals surface area (Å²) in [5, 5.41) is 5.96. The van der Waals surface area contributed by atoms with Crippen LogP contribution in [0.25, 0.3) is 0 Å². The van der Waals surface area contributed by atoms with Crippen LogP contribution in [0.5, 0.6) is 5.75 Å². The second kappa shape index (κ2) is 4.25. The van der Waals surface area contributed by atoms with Crippen molar-refractivity contribution in [1.82, 2.24) is 5.32 Å². The zero-order chi connectivity index (χ0) is 11.7. The van der Waals surface area contributed by atoms with Crippen LogP contribution in [0.4, 0.5) is 14.5 Å². The van der Waals surface area contributed by atoms with Gasteiger partial charge >= 0.3 is 0 Å². The van der Waals surface area contributed by atoms with Crippen molar-refractivity contribution in [2.24, 2.45) is 0 Å². The molecule has 88 valence electrons. The summed E-state index contributed by atoms with van der Waals surface area (Å²) in [5.74, 6) is -1.02. The first kappa shape index (κ1) is 11.1. The monoisotopic (exact) mass is 228 g/mol. The van der Waals surface area contributed by atoms with Crippen molar-refractivity contribution in [2.75, 3.05) is 18.9 Å². The maximum absolute atomic E-state index is 13.4. The molecular formula is C11H14F2N2O. The van der Waals surface area contributed by atoms with Crippen LogP contribution in [0.3, 0.4) is 0 Å². The van der Waals surface area contributed by atoms with Crippen LogP contribution in [0.1, 0.15) is 6.92 Å². The van der Waals surface area contributed by atoms with Crippen molar-refractivity contribution in [3.8, 4) is 5.75 Å². The number of ether oxygens (including phenoxy) is 1. The number of rotatable bonds is 2. The van der Waals surface area contributed by atoms with Gasteiger partial charge in [0.05, 0.1) is 6.04 Å². The molecule has 2 unspecified atom stereocenters. The van der Waals surface area contributed by atoms with E-state index in [0.29, 0.717) is 6.54 Å². The van der Waals surface area contributed by atoms with Gasteiger partial charge in [0.25, 0.3) is 0 Å². The van der Waals surface area contributed by atoms with Crippen LogP contribution in [-0.2, 0) is 0 Å². The molecule has 1 aliphatic heterocycles. The molecule has 0 amide bonds. The summed E-state index contributed by atoms with van der Waals surface area (Å²) in [7, 11) is 1.80. The highest BCUT2D eigenvalue weighted by atomic mass is 19.1. The summed E-state index contributed by atoms with van der Waals surface area (Å²) in [4.78, 5) is 0. The van der Waals surface area contributed by atoms with E-state index in [-0.39, 0.29) is 23.6 Å². The number of hydrogen-bond donors (Lipinski definition) is 2. The Hall–Kier alpha value is -1.36. The molecule has 3 nitrogen and oxygen atoms in total. The number of benzene rings is 1. The Kier molecular flexibility index (Phi) is 2.96. The maximum Gasteiger partial charge on any atom is 0.153 e. The second-order valence-corrected chi connectivity index (χ2v) is 3.91. The smallest absolute Gasteiger partial charge is 0.153 e. The molecule has 0 saturated carbocycles. The molecule has 0 fully saturated rings. The molecule has 0 aromatic heterocycles. The van der Waals surface area contributed by atoms with Gasteiger partial charge in [0.15, 0.2) is 5.82 Å². The largest absolute Gasteiger partial charge is 0.485 e. The van der Waals surface area contributed by atoms with Crippen molar-refractivity contribution in [3.63, 3.8) is 0 Å². The molecule has 0 saturated heterocycles. The van der Waals surface area contributed by atoms with Gasteiger partial charge in [-0.1, -0.05) is 0 Å². The van der Waals surface area contributed by atoms with E-state index in [4.69, 9.17) is 4.74 Å². The topological polar surface area (TPSA) is 33.3 Å². The highest BCUT2D eigenvalue weighted by Gasteiger charge is 2.28. The van der Waals surface area contributed by atoms with Gasteiger partial charge < -0.3 is 15.4 Å². The lowest BCUT2D eigenvalue weighted by Gasteiger charge is -2.33. The van der Waals surface area contributed by atoms with E-state index >= 15 is 0 Å². The van der Waals surface area contributed by atoms with Gasteiger partial charge in [-0.15, -0.1) is 0 Å². The van der Waals surface area contributed by atoms with E-state index < -0.39 is 11.6 Å². The van der Waals surface area contributed by atoms with Crippen LogP contribution in [0.15, 0.2) is 12.1 Å². The molecule has 1 heterocycles. The molecule has 16 heavy (non-hydrogen) atoms. The van der Waals surface area contributed by atoms with Gasteiger partial charge in [-0.05, 0) is 14.0 Å². The van der Waals surface area contributed by atoms with Gasteiger partial charge in [-0.25, -0.2) is 8.78 Å². The zero-order valence-electron chi connectivity index (χ0n) is 9.18. The molecule has 2 atom stereocenters. The summed E-state index contributed by atoms with van der Waals surface area (Å²) in [6.45, 7) is 2.51. The first-order valence-electron chi connectivity index (χ1n) is 5.18. The van der Waals surface area contributed by atoms with Crippen LogP contribution >= 0.6 is 0 Å². The third kappa shape index (κ3) is 1.95. The molecule has 1 aromatic rings. The summed E-state index contributed by atoms with van der Waals surface area (Å²) >= 11 is 0. The normalized spacial score (nSPS) is 23.2. The minimum absolute atomic E-state index is 0.0279. The van der Waals surface area contributed by atoms with Crippen LogP contribution in [0.2, 0.25) is 0 Å². The molecule has 0 radical (unpaired) electrons. The van der Waals surface area contributed by atoms with E-state index in [9.17, 15) is 8.78 Å². The summed E-state index contributed by atoms with van der Waals surface area (Å²) in [6, 6.07) is 2.01. The second-order valence-electron chi connectivity index (χ2n) is 3.91. The van der Waals surface area contributed by atoms with E-state index in [2.05, 4.69) is 10.6 Å². The Morgan fingerprint density at radius 2 is 2.19 bits per heavy atom. The zero-order valence-corrected chi connectivity index (χ0v) is 9.18. The van der Waals surface area contributed by atoms with E-state index in [1.807, 2.05) is 6.92 Å². The SMILES string of the molecule is CNCC1Oc2cc(F)cc(F)c2NC1C. The lowest BCUT2D eigenvalue weighted by molar-refractivity contribution is 0.172. The molecule has 1 aromatic carbocycles. The average Bonchev–Trinajstić information content (AvgIpc) is 2.21. The molecule has 0 spiro atoms. The molecule has 2 N–H and O–H groups in total. The van der Waals surface area contributed by atoms with Crippen LogP contribution in [0, 0.1) is 11.6 Å². The Labute approximate surface area is 92.8 Å². The predicted octanol–water partition coefficient (Wildman–Crippen LogP) is 1.75. The maximum atomic E-state index is 13.4. The number of anilines is 1. The van der Waals surface area contributed by atoms with Gasteiger partial charge in [-0.3, -0.25) is 0 Å². The number of halogens is 2. The van der Waals surface area contributed by atoms with Crippen LogP contribution < -0.4 is 15.4 Å². The highest BCUT2D eigenvalue weighted by molar-refractivity contribution is 5.60. The number of nitrogens with one attached hydrogen (secondary N) is 2. The highest BCUT2D eigenvalue weighted by Crippen LogP contribution is 2.34. The van der Waals surface area contributed by atoms with Crippen molar-refractivity contribution in [2.45, 2.75) is 19.1 Å². The van der Waals surface area contributed by atoms with E-state index in [0.717, 1.165) is 6.07 Å². The Balaban J connectivity index is 2.31. The van der Waals surface area contributed by atoms with E-state index in [1.165, 1.54) is 6.07 Å². The van der Waals surface area contributed by atoms with Gasteiger partial charge in [0.2, 0.25) is 0 Å². The minimum atomic E-state index is -0.629. The standard InChI is InChI=1S/C11H14F2N2O/c1-6-10(5-14-2)16-9-4-7(12)3-8(13)11(9)15-6/h3-4,6,10,14-15H,5H2,1-2H3. The summed E-state index contributed by atoms with van der Waals surface area (Å²) in [6.07, 6.45) is -0.140. The van der Waals surface area contributed by atoms with Crippen LogP contribution in [-0.4, -0.2) is 25.7 Å². The quantitative estimate of drug-likeness (QED) is 0.809. The Bertz CT molecular complexity index is 398. The number of fused-ring (bicyclic) bond motifs is 1. The van der Waals surface area contributed by atoms with E-state index in [1.54, 1.807) is 7.05 Å². The molecule has 1 aliphatic rings.